The van der Waals surface area contributed by atoms with Gasteiger partial charge in [-0.25, -0.2) is 4.79 Å². The lowest BCUT2D eigenvalue weighted by Gasteiger charge is -2.18. The molecule has 0 fully saturated rings. The standard InChI is InChI=1S/C22H18N2O5/c1-15-3-5-16(6-4-15)21(25)23(2)18-11-13-20(14-12-18)29-22(26)17-7-9-19(10-8-17)24(27)28/h3-14H,1-2H3. The van der Waals surface area contributed by atoms with E-state index in [1.54, 1.807) is 43.4 Å². The van der Waals surface area contributed by atoms with Crippen molar-refractivity contribution in [2.24, 2.45) is 0 Å². The normalized spacial score (nSPS) is 10.3. The number of hydrogen-bond acceptors (Lipinski definition) is 5. The van der Waals surface area contributed by atoms with Crippen molar-refractivity contribution in [1.29, 1.82) is 0 Å². The molecule has 0 heterocycles. The van der Waals surface area contributed by atoms with Gasteiger partial charge in [0.25, 0.3) is 11.6 Å². The summed E-state index contributed by atoms with van der Waals surface area (Å²) in [6.45, 7) is 1.95. The fourth-order valence-corrected chi connectivity index (χ4v) is 2.63. The molecule has 0 saturated carbocycles. The van der Waals surface area contributed by atoms with Crippen LogP contribution < -0.4 is 9.64 Å². The molecule has 0 unspecified atom stereocenters. The molecule has 0 aliphatic carbocycles. The summed E-state index contributed by atoms with van der Waals surface area (Å²) in [7, 11) is 1.67. The Hall–Kier alpha value is -4.00. The van der Waals surface area contributed by atoms with Crippen LogP contribution in [-0.4, -0.2) is 23.8 Å². The summed E-state index contributed by atoms with van der Waals surface area (Å²) >= 11 is 0. The van der Waals surface area contributed by atoms with Gasteiger partial charge >= 0.3 is 5.97 Å². The van der Waals surface area contributed by atoms with E-state index >= 15 is 0 Å². The average molecular weight is 390 g/mol. The SMILES string of the molecule is Cc1ccc(C(=O)N(C)c2ccc(OC(=O)c3ccc([N+](=O)[O-])cc3)cc2)cc1. The Balaban J connectivity index is 1.67. The van der Waals surface area contributed by atoms with Gasteiger partial charge in [0.05, 0.1) is 10.5 Å². The zero-order chi connectivity index (χ0) is 21.0. The number of non-ortho nitro benzene ring substituents is 1. The minimum Gasteiger partial charge on any atom is -0.423 e. The first kappa shape index (κ1) is 19.8. The van der Waals surface area contributed by atoms with Crippen LogP contribution in [0.2, 0.25) is 0 Å². The van der Waals surface area contributed by atoms with E-state index in [1.165, 1.54) is 29.2 Å². The second kappa shape index (κ2) is 8.35. The quantitative estimate of drug-likeness (QED) is 0.279. The number of carbonyl (C=O) groups is 2. The van der Waals surface area contributed by atoms with Gasteiger partial charge in [-0.05, 0) is 55.5 Å². The van der Waals surface area contributed by atoms with Gasteiger partial charge in [-0.3, -0.25) is 14.9 Å². The summed E-state index contributed by atoms with van der Waals surface area (Å²) in [6, 6.07) is 19.0. The molecule has 0 aliphatic heterocycles. The maximum atomic E-state index is 12.6. The lowest BCUT2D eigenvalue weighted by atomic mass is 10.1. The van der Waals surface area contributed by atoms with Crippen LogP contribution in [0.4, 0.5) is 11.4 Å². The molecule has 3 aromatic carbocycles. The number of carbonyl (C=O) groups excluding carboxylic acids is 2. The van der Waals surface area contributed by atoms with E-state index in [9.17, 15) is 19.7 Å². The predicted molar refractivity (Wildman–Crippen MR) is 108 cm³/mol. The van der Waals surface area contributed by atoms with Crippen molar-refractivity contribution in [3.8, 4) is 5.75 Å². The van der Waals surface area contributed by atoms with Crippen molar-refractivity contribution in [1.82, 2.24) is 0 Å². The van der Waals surface area contributed by atoms with Crippen molar-refractivity contribution >= 4 is 23.3 Å². The van der Waals surface area contributed by atoms with Crippen molar-refractivity contribution < 1.29 is 19.2 Å². The number of nitrogens with zero attached hydrogens (tertiary/aromatic N) is 2. The first-order chi connectivity index (χ1) is 13.8. The molecular weight excluding hydrogens is 372 g/mol. The molecule has 0 aliphatic rings. The minimum atomic E-state index is -0.628. The van der Waals surface area contributed by atoms with Gasteiger partial charge in [0.1, 0.15) is 5.75 Å². The highest BCUT2D eigenvalue weighted by Crippen LogP contribution is 2.21. The van der Waals surface area contributed by atoms with E-state index in [0.29, 0.717) is 17.0 Å². The molecule has 0 spiro atoms. The number of hydrogen-bond donors (Lipinski definition) is 0. The van der Waals surface area contributed by atoms with Gasteiger partial charge in [-0.15, -0.1) is 0 Å². The van der Waals surface area contributed by atoms with Crippen molar-refractivity contribution in [2.45, 2.75) is 6.92 Å². The molecule has 29 heavy (non-hydrogen) atoms. The lowest BCUT2D eigenvalue weighted by Crippen LogP contribution is -2.26. The molecule has 0 bridgehead atoms. The summed E-state index contributed by atoms with van der Waals surface area (Å²) in [4.78, 5) is 36.4. The van der Waals surface area contributed by atoms with Gasteiger partial charge < -0.3 is 9.64 Å². The zero-order valence-electron chi connectivity index (χ0n) is 15.9. The number of nitro groups is 1. The molecule has 0 atom stereocenters. The Kier molecular flexibility index (Phi) is 5.69. The molecule has 3 rings (SSSR count). The van der Waals surface area contributed by atoms with Crippen LogP contribution in [-0.2, 0) is 0 Å². The molecule has 0 N–H and O–H groups in total. The van der Waals surface area contributed by atoms with Crippen molar-refractivity contribution in [3.05, 3.63) is 99.6 Å². The summed E-state index contributed by atoms with van der Waals surface area (Å²) < 4.78 is 5.28. The Morgan fingerprint density at radius 2 is 1.41 bits per heavy atom. The highest BCUT2D eigenvalue weighted by molar-refractivity contribution is 6.05. The van der Waals surface area contributed by atoms with E-state index in [-0.39, 0.29) is 17.2 Å². The number of nitro benzene ring substituents is 1. The van der Waals surface area contributed by atoms with E-state index in [2.05, 4.69) is 0 Å². The zero-order valence-corrected chi connectivity index (χ0v) is 15.9. The maximum absolute atomic E-state index is 12.6. The van der Waals surface area contributed by atoms with Crippen LogP contribution in [0.1, 0.15) is 26.3 Å². The third-order valence-corrected chi connectivity index (χ3v) is 4.35. The fraction of sp³-hybridized carbons (Fsp3) is 0.0909. The van der Waals surface area contributed by atoms with Crippen molar-refractivity contribution in [2.75, 3.05) is 11.9 Å². The summed E-state index contributed by atoms with van der Waals surface area (Å²) in [5.74, 6) is -0.481. The van der Waals surface area contributed by atoms with Crippen LogP contribution >= 0.6 is 0 Å². The summed E-state index contributed by atoms with van der Waals surface area (Å²) in [6.07, 6.45) is 0. The smallest absolute Gasteiger partial charge is 0.343 e. The molecular formula is C22H18N2O5. The molecule has 146 valence electrons. The number of ether oxygens (including phenoxy) is 1. The molecule has 1 amide bonds. The average Bonchev–Trinajstić information content (AvgIpc) is 2.74. The number of benzene rings is 3. The first-order valence-corrected chi connectivity index (χ1v) is 8.76. The number of anilines is 1. The maximum Gasteiger partial charge on any atom is 0.343 e. The number of aryl methyl sites for hydroxylation is 1. The largest absolute Gasteiger partial charge is 0.423 e. The van der Waals surface area contributed by atoms with E-state index < -0.39 is 10.9 Å². The van der Waals surface area contributed by atoms with E-state index in [0.717, 1.165) is 5.56 Å². The molecule has 0 saturated heterocycles. The summed E-state index contributed by atoms with van der Waals surface area (Å²) in [5.41, 5.74) is 2.39. The molecule has 7 nitrogen and oxygen atoms in total. The predicted octanol–water partition coefficient (Wildman–Crippen LogP) is 4.40. The van der Waals surface area contributed by atoms with Crippen LogP contribution in [0.15, 0.2) is 72.8 Å². The molecule has 0 aromatic heterocycles. The van der Waals surface area contributed by atoms with Gasteiger partial charge in [0, 0.05) is 30.4 Å². The van der Waals surface area contributed by atoms with E-state index in [1.807, 2.05) is 19.1 Å². The molecule has 3 aromatic rings. The summed E-state index contributed by atoms with van der Waals surface area (Å²) in [5, 5.41) is 10.7. The van der Waals surface area contributed by atoms with Gasteiger partial charge in [-0.1, -0.05) is 17.7 Å². The molecule has 0 radical (unpaired) electrons. The van der Waals surface area contributed by atoms with Crippen LogP contribution in [0.5, 0.6) is 5.75 Å². The fourth-order valence-electron chi connectivity index (χ4n) is 2.63. The monoisotopic (exact) mass is 390 g/mol. The molecule has 7 heteroatoms. The number of amides is 1. The van der Waals surface area contributed by atoms with Crippen LogP contribution in [0.25, 0.3) is 0 Å². The topological polar surface area (TPSA) is 89.8 Å². The Morgan fingerprint density at radius 3 is 1.97 bits per heavy atom. The number of rotatable bonds is 5. The third kappa shape index (κ3) is 4.65. The second-order valence-corrected chi connectivity index (χ2v) is 6.42. The van der Waals surface area contributed by atoms with Gasteiger partial charge in [0.2, 0.25) is 0 Å². The Labute approximate surface area is 167 Å². The van der Waals surface area contributed by atoms with Gasteiger partial charge in [0.15, 0.2) is 0 Å². The highest BCUT2D eigenvalue weighted by Gasteiger charge is 2.15. The lowest BCUT2D eigenvalue weighted by molar-refractivity contribution is -0.384. The first-order valence-electron chi connectivity index (χ1n) is 8.76. The number of esters is 1. The highest BCUT2D eigenvalue weighted by atomic mass is 16.6. The Bertz CT molecular complexity index is 1040. The third-order valence-electron chi connectivity index (χ3n) is 4.35. The Morgan fingerprint density at radius 1 is 0.862 bits per heavy atom. The van der Waals surface area contributed by atoms with Gasteiger partial charge in [-0.2, -0.15) is 0 Å². The second-order valence-electron chi connectivity index (χ2n) is 6.42. The van der Waals surface area contributed by atoms with Crippen LogP contribution in [0.3, 0.4) is 0 Å². The van der Waals surface area contributed by atoms with E-state index in [4.69, 9.17) is 4.74 Å². The van der Waals surface area contributed by atoms with Crippen LogP contribution in [0, 0.1) is 17.0 Å². The van der Waals surface area contributed by atoms with Crippen molar-refractivity contribution in [3.63, 3.8) is 0 Å². The minimum absolute atomic E-state index is 0.104.